The molecule has 26 heavy (non-hydrogen) atoms. The molecule has 6 nitrogen and oxygen atoms in total. The lowest BCUT2D eigenvalue weighted by Crippen LogP contribution is -2.42. The zero-order chi connectivity index (χ0) is 18.4. The summed E-state index contributed by atoms with van der Waals surface area (Å²) in [4.78, 5) is 30.2. The molecule has 1 aromatic carbocycles. The smallest absolute Gasteiger partial charge is 0.326 e. The standard InChI is InChI=1S/C19H22N2O4S/c1-2-3-4-5-8-24-19(23)10-21-16-9-14(15-12-26-13-20-15)6-7-17(16)25-11-18(21)22/h6-7,9,12-13H,2-5,8,10-11H2,1H3. The molecule has 1 amide bonds. The normalized spacial score (nSPS) is 13.3. The number of nitrogens with zero attached hydrogens (tertiary/aromatic N) is 2. The van der Waals surface area contributed by atoms with Crippen LogP contribution in [-0.4, -0.2) is 36.6 Å². The highest BCUT2D eigenvalue weighted by molar-refractivity contribution is 7.07. The van der Waals surface area contributed by atoms with E-state index in [0.29, 0.717) is 18.0 Å². The molecule has 0 saturated heterocycles. The van der Waals surface area contributed by atoms with Crippen molar-refractivity contribution in [2.24, 2.45) is 0 Å². The molecule has 1 aliphatic rings. The van der Waals surface area contributed by atoms with E-state index < -0.39 is 5.97 Å². The fraction of sp³-hybridized carbons (Fsp3) is 0.421. The number of benzene rings is 1. The maximum Gasteiger partial charge on any atom is 0.326 e. The van der Waals surface area contributed by atoms with Crippen molar-refractivity contribution in [1.82, 2.24) is 4.98 Å². The van der Waals surface area contributed by atoms with Crippen LogP contribution in [0.15, 0.2) is 29.1 Å². The summed E-state index contributed by atoms with van der Waals surface area (Å²) in [5, 5.41) is 1.93. The number of unbranched alkanes of at least 4 members (excludes halogenated alkanes) is 3. The molecule has 0 spiro atoms. The Bertz CT molecular complexity index is 761. The molecular formula is C19H22N2O4S. The average molecular weight is 374 g/mol. The Morgan fingerprint density at radius 2 is 2.23 bits per heavy atom. The zero-order valence-electron chi connectivity index (χ0n) is 14.8. The number of ether oxygens (including phenoxy) is 2. The average Bonchev–Trinajstić information content (AvgIpc) is 3.18. The molecular weight excluding hydrogens is 352 g/mol. The van der Waals surface area contributed by atoms with E-state index in [9.17, 15) is 9.59 Å². The maximum atomic E-state index is 12.3. The van der Waals surface area contributed by atoms with Crippen LogP contribution in [0.25, 0.3) is 11.3 Å². The van der Waals surface area contributed by atoms with Crippen LogP contribution in [0.3, 0.4) is 0 Å². The molecule has 0 radical (unpaired) electrons. The van der Waals surface area contributed by atoms with Crippen molar-refractivity contribution in [3.63, 3.8) is 0 Å². The van der Waals surface area contributed by atoms with Gasteiger partial charge in [-0.25, -0.2) is 4.98 Å². The van der Waals surface area contributed by atoms with E-state index in [1.807, 2.05) is 17.5 Å². The Kier molecular flexibility index (Phi) is 6.22. The highest BCUT2D eigenvalue weighted by Crippen LogP contribution is 2.35. The first-order valence-electron chi connectivity index (χ1n) is 8.80. The largest absolute Gasteiger partial charge is 0.482 e. The van der Waals surface area contributed by atoms with Crippen molar-refractivity contribution in [2.45, 2.75) is 32.6 Å². The van der Waals surface area contributed by atoms with Crippen molar-refractivity contribution >= 4 is 28.9 Å². The molecule has 138 valence electrons. The minimum Gasteiger partial charge on any atom is -0.482 e. The predicted octanol–water partition coefficient (Wildman–Crippen LogP) is 3.66. The van der Waals surface area contributed by atoms with Crippen molar-refractivity contribution in [3.05, 3.63) is 29.1 Å². The molecule has 0 bridgehead atoms. The summed E-state index contributed by atoms with van der Waals surface area (Å²) in [5.74, 6) is -0.0723. The van der Waals surface area contributed by atoms with Crippen LogP contribution in [0.1, 0.15) is 32.6 Å². The quantitative estimate of drug-likeness (QED) is 0.521. The number of aromatic nitrogens is 1. The van der Waals surface area contributed by atoms with E-state index in [-0.39, 0.29) is 19.1 Å². The second-order valence-electron chi connectivity index (χ2n) is 6.11. The van der Waals surface area contributed by atoms with Gasteiger partial charge in [0.15, 0.2) is 6.61 Å². The Hall–Kier alpha value is -2.41. The Morgan fingerprint density at radius 1 is 1.35 bits per heavy atom. The third kappa shape index (κ3) is 4.40. The van der Waals surface area contributed by atoms with Gasteiger partial charge in [-0.2, -0.15) is 0 Å². The van der Waals surface area contributed by atoms with Crippen LogP contribution in [0.5, 0.6) is 5.75 Å². The number of hydrogen-bond donors (Lipinski definition) is 0. The first-order chi connectivity index (χ1) is 12.7. The van der Waals surface area contributed by atoms with Crippen LogP contribution in [0, 0.1) is 0 Å². The van der Waals surface area contributed by atoms with Gasteiger partial charge in [0.05, 0.1) is 23.5 Å². The second-order valence-corrected chi connectivity index (χ2v) is 6.82. The van der Waals surface area contributed by atoms with E-state index in [2.05, 4.69) is 11.9 Å². The van der Waals surface area contributed by atoms with Crippen LogP contribution in [0.4, 0.5) is 5.69 Å². The summed E-state index contributed by atoms with van der Waals surface area (Å²) in [6.45, 7) is 2.34. The first-order valence-corrected chi connectivity index (χ1v) is 9.74. The van der Waals surface area contributed by atoms with Gasteiger partial charge >= 0.3 is 5.97 Å². The van der Waals surface area contributed by atoms with Crippen LogP contribution >= 0.6 is 11.3 Å². The number of hydrogen-bond acceptors (Lipinski definition) is 6. The lowest BCUT2D eigenvalue weighted by Gasteiger charge is -2.29. The lowest BCUT2D eigenvalue weighted by molar-refractivity contribution is -0.143. The van der Waals surface area contributed by atoms with Crippen molar-refractivity contribution in [1.29, 1.82) is 0 Å². The third-order valence-corrected chi connectivity index (χ3v) is 4.76. The number of fused-ring (bicyclic) bond motifs is 1. The molecule has 0 fully saturated rings. The predicted molar refractivity (Wildman–Crippen MR) is 100 cm³/mol. The minimum atomic E-state index is -0.401. The van der Waals surface area contributed by atoms with E-state index in [1.54, 1.807) is 11.6 Å². The summed E-state index contributed by atoms with van der Waals surface area (Å²) in [7, 11) is 0. The van der Waals surface area contributed by atoms with Gasteiger partial charge in [-0.15, -0.1) is 11.3 Å². The highest BCUT2D eigenvalue weighted by Gasteiger charge is 2.28. The van der Waals surface area contributed by atoms with Crippen molar-refractivity contribution in [3.8, 4) is 17.0 Å². The summed E-state index contributed by atoms with van der Waals surface area (Å²) in [6.07, 6.45) is 4.15. The zero-order valence-corrected chi connectivity index (χ0v) is 15.6. The van der Waals surface area contributed by atoms with Gasteiger partial charge in [-0.1, -0.05) is 26.2 Å². The van der Waals surface area contributed by atoms with Gasteiger partial charge in [0, 0.05) is 10.9 Å². The molecule has 1 aliphatic heterocycles. The third-order valence-electron chi connectivity index (χ3n) is 4.18. The van der Waals surface area contributed by atoms with Gasteiger partial charge in [0.2, 0.25) is 0 Å². The highest BCUT2D eigenvalue weighted by atomic mass is 32.1. The summed E-state index contributed by atoms with van der Waals surface area (Å²) < 4.78 is 10.8. The van der Waals surface area contributed by atoms with Crippen molar-refractivity contribution in [2.75, 3.05) is 24.7 Å². The number of anilines is 1. The van der Waals surface area contributed by atoms with Gasteiger partial charge < -0.3 is 9.47 Å². The van der Waals surface area contributed by atoms with Crippen LogP contribution < -0.4 is 9.64 Å². The molecule has 1 aromatic heterocycles. The number of carbonyl (C=O) groups excluding carboxylic acids is 2. The Balaban J connectivity index is 1.69. The van der Waals surface area contributed by atoms with E-state index >= 15 is 0 Å². The molecule has 0 N–H and O–H groups in total. The van der Waals surface area contributed by atoms with Gasteiger partial charge in [-0.05, 0) is 24.6 Å². The van der Waals surface area contributed by atoms with Crippen LogP contribution in [-0.2, 0) is 14.3 Å². The molecule has 2 heterocycles. The van der Waals surface area contributed by atoms with Crippen LogP contribution in [0.2, 0.25) is 0 Å². The monoisotopic (exact) mass is 374 g/mol. The summed E-state index contributed by atoms with van der Waals surface area (Å²) >= 11 is 1.50. The van der Waals surface area contributed by atoms with E-state index in [4.69, 9.17) is 9.47 Å². The molecule has 7 heteroatoms. The molecule has 3 rings (SSSR count). The topological polar surface area (TPSA) is 68.7 Å². The lowest BCUT2D eigenvalue weighted by atomic mass is 10.1. The molecule has 0 saturated carbocycles. The van der Waals surface area contributed by atoms with Gasteiger partial charge in [-0.3, -0.25) is 14.5 Å². The molecule has 0 aliphatic carbocycles. The number of rotatable bonds is 8. The Morgan fingerprint density at radius 3 is 3.00 bits per heavy atom. The first kappa shape index (κ1) is 18.4. The number of amides is 1. The fourth-order valence-corrected chi connectivity index (χ4v) is 3.34. The number of esters is 1. The molecule has 0 unspecified atom stereocenters. The van der Waals surface area contributed by atoms with Gasteiger partial charge in [0.1, 0.15) is 12.3 Å². The molecule has 0 atom stereocenters. The summed E-state index contributed by atoms with van der Waals surface area (Å²) in [5.41, 5.74) is 4.04. The maximum absolute atomic E-state index is 12.3. The second kappa shape index (κ2) is 8.80. The Labute approximate surface area is 156 Å². The number of thiazole rings is 1. The number of carbonyl (C=O) groups is 2. The van der Waals surface area contributed by atoms with E-state index in [0.717, 1.165) is 36.9 Å². The summed E-state index contributed by atoms with van der Waals surface area (Å²) in [6, 6.07) is 5.53. The van der Waals surface area contributed by atoms with Gasteiger partial charge in [0.25, 0.3) is 5.91 Å². The molecule has 2 aromatic rings. The fourth-order valence-electron chi connectivity index (χ4n) is 2.78. The minimum absolute atomic E-state index is 0.0766. The SMILES string of the molecule is CCCCCCOC(=O)CN1C(=O)COc2ccc(-c3cscn3)cc21. The van der Waals surface area contributed by atoms with E-state index in [1.165, 1.54) is 16.2 Å². The van der Waals surface area contributed by atoms with Crippen molar-refractivity contribution < 1.29 is 19.1 Å².